The van der Waals surface area contributed by atoms with Crippen molar-refractivity contribution in [3.05, 3.63) is 64.5 Å². The number of rotatable bonds is 8. The van der Waals surface area contributed by atoms with E-state index in [1.165, 1.54) is 11.3 Å². The molecule has 12 heteroatoms. The number of fused-ring (bicyclic) bond motifs is 2. The van der Waals surface area contributed by atoms with Gasteiger partial charge in [0.25, 0.3) is 5.91 Å². The van der Waals surface area contributed by atoms with Gasteiger partial charge < -0.3 is 29.9 Å². The number of amides is 3. The van der Waals surface area contributed by atoms with Crippen molar-refractivity contribution in [3.8, 4) is 10.6 Å². The fourth-order valence-electron chi connectivity index (χ4n) is 5.30. The Kier molecular flexibility index (Phi) is 10.4. The minimum Gasteiger partial charge on any atom is -0.444 e. The normalized spacial score (nSPS) is 13.3. The van der Waals surface area contributed by atoms with E-state index in [-0.39, 0.29) is 24.1 Å². The molecule has 0 saturated heterocycles. The molecule has 0 aliphatic carbocycles. The lowest BCUT2D eigenvalue weighted by molar-refractivity contribution is 0.0196. The molecule has 1 aliphatic rings. The minimum atomic E-state index is -0.586. The summed E-state index contributed by atoms with van der Waals surface area (Å²) in [5.41, 5.74) is 3.14. The highest BCUT2D eigenvalue weighted by Gasteiger charge is 2.32. The average molecular weight is 692 g/mol. The number of hydrogen-bond acceptors (Lipinski definition) is 9. The molecule has 1 aliphatic heterocycles. The van der Waals surface area contributed by atoms with Gasteiger partial charge in [0.2, 0.25) is 0 Å². The largest absolute Gasteiger partial charge is 0.444 e. The standard InChI is InChI=1S/C36H45N5O5S2/c1-22(2)41(34(44)46-36(6,7)8)20-18-37-24-15-13-23(14-16-24)30(42)39-32-29(31-38-26-11-9-10-12-27(26)47-31)25-17-19-40(21-28(25)48-32)33(43)45-35(3,4)5/h9-16,22,37H,17-21H2,1-8H3,(H,39,42). The fraction of sp³-hybridized carbons (Fsp3) is 0.444. The zero-order chi connectivity index (χ0) is 34.8. The van der Waals surface area contributed by atoms with Crippen molar-refractivity contribution < 1.29 is 23.9 Å². The Morgan fingerprint density at radius 2 is 1.65 bits per heavy atom. The van der Waals surface area contributed by atoms with Crippen LogP contribution in [0.3, 0.4) is 0 Å². The predicted octanol–water partition coefficient (Wildman–Crippen LogP) is 8.63. The van der Waals surface area contributed by atoms with Gasteiger partial charge in [0.15, 0.2) is 0 Å². The number of benzene rings is 2. The molecule has 0 fully saturated rings. The van der Waals surface area contributed by atoms with Crippen LogP contribution in [-0.2, 0) is 22.4 Å². The Balaban J connectivity index is 1.31. The summed E-state index contributed by atoms with van der Waals surface area (Å²) < 4.78 is 12.3. The van der Waals surface area contributed by atoms with Crippen LogP contribution in [0.1, 0.15) is 76.2 Å². The lowest BCUT2D eigenvalue weighted by Gasteiger charge is -2.30. The van der Waals surface area contributed by atoms with Crippen LogP contribution < -0.4 is 10.6 Å². The zero-order valence-electron chi connectivity index (χ0n) is 28.9. The number of hydrogen-bond donors (Lipinski definition) is 2. The van der Waals surface area contributed by atoms with Gasteiger partial charge in [-0.15, -0.1) is 22.7 Å². The summed E-state index contributed by atoms with van der Waals surface area (Å²) in [5.74, 6) is -0.234. The SMILES string of the molecule is CC(C)N(CCNc1ccc(C(=O)Nc2sc3c(c2-c2nc4ccccc4s2)CCN(C(=O)OC(C)(C)C)C3)cc1)C(=O)OC(C)(C)C. The van der Waals surface area contributed by atoms with E-state index in [2.05, 4.69) is 10.6 Å². The highest BCUT2D eigenvalue weighted by molar-refractivity contribution is 7.23. The maximum Gasteiger partial charge on any atom is 0.410 e. The zero-order valence-corrected chi connectivity index (χ0v) is 30.6. The second-order valence-corrected chi connectivity index (χ2v) is 16.2. The molecule has 2 N–H and O–H groups in total. The molecule has 4 aromatic rings. The van der Waals surface area contributed by atoms with Gasteiger partial charge in [-0.1, -0.05) is 12.1 Å². The lowest BCUT2D eigenvalue weighted by Crippen LogP contribution is -2.43. The molecule has 0 atom stereocenters. The van der Waals surface area contributed by atoms with Gasteiger partial charge in [-0.25, -0.2) is 14.6 Å². The number of thiophene rings is 1. The summed E-state index contributed by atoms with van der Waals surface area (Å²) >= 11 is 3.08. The third-order valence-electron chi connectivity index (χ3n) is 7.52. The molecule has 0 saturated carbocycles. The van der Waals surface area contributed by atoms with Crippen LogP contribution in [0.25, 0.3) is 20.8 Å². The van der Waals surface area contributed by atoms with Gasteiger partial charge in [-0.05, 0) is 104 Å². The summed E-state index contributed by atoms with van der Waals surface area (Å²) in [4.78, 5) is 48.5. The Labute approximate surface area is 290 Å². The van der Waals surface area contributed by atoms with Crippen molar-refractivity contribution in [1.82, 2.24) is 14.8 Å². The van der Waals surface area contributed by atoms with E-state index in [4.69, 9.17) is 14.5 Å². The van der Waals surface area contributed by atoms with Crippen LogP contribution in [-0.4, -0.2) is 69.8 Å². The van der Waals surface area contributed by atoms with Gasteiger partial charge in [0, 0.05) is 47.4 Å². The van der Waals surface area contributed by atoms with Crippen LogP contribution in [0.2, 0.25) is 0 Å². The molecule has 10 nitrogen and oxygen atoms in total. The number of ether oxygens (including phenoxy) is 2. The van der Waals surface area contributed by atoms with Crippen molar-refractivity contribution in [1.29, 1.82) is 0 Å². The first kappa shape index (κ1) is 35.2. The molecule has 0 radical (unpaired) electrons. The van der Waals surface area contributed by atoms with Crippen molar-refractivity contribution >= 4 is 61.7 Å². The Bertz CT molecular complexity index is 1750. The van der Waals surface area contributed by atoms with E-state index in [1.54, 1.807) is 33.3 Å². The monoisotopic (exact) mass is 691 g/mol. The number of aromatic nitrogens is 1. The van der Waals surface area contributed by atoms with Crippen molar-refractivity contribution in [3.63, 3.8) is 0 Å². The molecule has 48 heavy (non-hydrogen) atoms. The van der Waals surface area contributed by atoms with E-state index in [9.17, 15) is 14.4 Å². The van der Waals surface area contributed by atoms with Gasteiger partial charge in [0.05, 0.1) is 16.8 Å². The van der Waals surface area contributed by atoms with Crippen LogP contribution in [0.5, 0.6) is 0 Å². The third kappa shape index (κ3) is 8.65. The van der Waals surface area contributed by atoms with Gasteiger partial charge >= 0.3 is 12.2 Å². The number of nitrogens with one attached hydrogen (secondary N) is 2. The third-order valence-corrected chi connectivity index (χ3v) is 9.71. The predicted molar refractivity (Wildman–Crippen MR) is 194 cm³/mol. The number of anilines is 2. The fourth-order valence-corrected chi connectivity index (χ4v) is 7.66. The topological polar surface area (TPSA) is 113 Å². The van der Waals surface area contributed by atoms with E-state index in [0.29, 0.717) is 43.2 Å². The molecule has 5 rings (SSSR count). The van der Waals surface area contributed by atoms with Gasteiger partial charge in [-0.3, -0.25) is 4.79 Å². The first-order chi connectivity index (χ1) is 22.6. The number of carbonyl (C=O) groups is 3. The second kappa shape index (κ2) is 14.1. The second-order valence-electron chi connectivity index (χ2n) is 14.1. The van der Waals surface area contributed by atoms with Crippen LogP contribution in [0, 0.1) is 0 Å². The summed E-state index contributed by atoms with van der Waals surface area (Å²) in [7, 11) is 0. The molecule has 0 bridgehead atoms. The smallest absolute Gasteiger partial charge is 0.410 e. The Morgan fingerprint density at radius 3 is 2.29 bits per heavy atom. The highest BCUT2D eigenvalue weighted by Crippen LogP contribution is 2.46. The molecule has 2 aromatic heterocycles. The van der Waals surface area contributed by atoms with Crippen LogP contribution >= 0.6 is 22.7 Å². The summed E-state index contributed by atoms with van der Waals surface area (Å²) in [6.45, 7) is 17.0. The first-order valence-electron chi connectivity index (χ1n) is 16.2. The van der Waals surface area contributed by atoms with Gasteiger partial charge in [0.1, 0.15) is 21.2 Å². The minimum absolute atomic E-state index is 0.0105. The summed E-state index contributed by atoms with van der Waals surface area (Å²) in [5, 5.41) is 8.06. The molecule has 0 spiro atoms. The number of nitrogens with zero attached hydrogens (tertiary/aromatic N) is 3. The molecule has 3 amide bonds. The van der Waals surface area contributed by atoms with Crippen LogP contribution in [0.15, 0.2) is 48.5 Å². The Hall–Kier alpha value is -4.16. The number of para-hydroxylation sites is 1. The van der Waals surface area contributed by atoms with E-state index < -0.39 is 11.2 Å². The molecule has 2 aromatic carbocycles. The van der Waals surface area contributed by atoms with Crippen molar-refractivity contribution in [2.24, 2.45) is 0 Å². The van der Waals surface area contributed by atoms with E-state index >= 15 is 0 Å². The number of carbonyl (C=O) groups excluding carboxylic acids is 3. The van der Waals surface area contributed by atoms with Crippen LogP contribution in [0.4, 0.5) is 20.3 Å². The maximum atomic E-state index is 13.6. The van der Waals surface area contributed by atoms with E-state index in [1.807, 2.05) is 91.8 Å². The van der Waals surface area contributed by atoms with Crippen molar-refractivity contribution in [2.45, 2.75) is 85.6 Å². The molecule has 256 valence electrons. The lowest BCUT2D eigenvalue weighted by atomic mass is 10.0. The molecule has 0 unspecified atom stereocenters. The first-order valence-corrected chi connectivity index (χ1v) is 17.8. The highest BCUT2D eigenvalue weighted by atomic mass is 32.1. The molecular weight excluding hydrogens is 647 g/mol. The molecular formula is C36H45N5O5S2. The van der Waals surface area contributed by atoms with Crippen molar-refractivity contribution in [2.75, 3.05) is 30.3 Å². The average Bonchev–Trinajstić information content (AvgIpc) is 3.57. The van der Waals surface area contributed by atoms with Gasteiger partial charge in [-0.2, -0.15) is 0 Å². The van der Waals surface area contributed by atoms with E-state index in [0.717, 1.165) is 36.9 Å². The quantitative estimate of drug-likeness (QED) is 0.190. The number of thiazole rings is 1. The Morgan fingerprint density at radius 1 is 0.958 bits per heavy atom. The maximum absolute atomic E-state index is 13.6. The summed E-state index contributed by atoms with van der Waals surface area (Å²) in [6.07, 6.45) is -0.0529. The summed E-state index contributed by atoms with van der Waals surface area (Å²) in [6, 6.07) is 15.3. The molecule has 3 heterocycles.